The Balaban J connectivity index is 2.04. The number of nitrogens with zero attached hydrogens (tertiary/aromatic N) is 2. The van der Waals surface area contributed by atoms with E-state index in [2.05, 4.69) is 24.1 Å². The van der Waals surface area contributed by atoms with E-state index in [1.165, 1.54) is 11.3 Å². The molecule has 1 aromatic heterocycles. The Morgan fingerprint density at radius 2 is 2.20 bits per heavy atom. The molecular formula is C13H19N3O2S2. The van der Waals surface area contributed by atoms with Gasteiger partial charge in [-0.15, -0.1) is 23.1 Å². The first-order chi connectivity index (χ1) is 9.50. The number of amides is 2. The average molecular weight is 313 g/mol. The zero-order chi connectivity index (χ0) is 14.7. The number of aromatic nitrogens is 1. The van der Waals surface area contributed by atoms with Crippen LogP contribution in [0.4, 0.5) is 0 Å². The molecule has 0 unspecified atom stereocenters. The fraction of sp³-hybridized carbons (Fsp3) is 0.615. The molecule has 5 nitrogen and oxygen atoms in total. The summed E-state index contributed by atoms with van der Waals surface area (Å²) in [7, 11) is 0. The molecule has 110 valence electrons. The summed E-state index contributed by atoms with van der Waals surface area (Å²) < 4.78 is 0. The molecule has 20 heavy (non-hydrogen) atoms. The molecule has 2 rings (SSSR count). The van der Waals surface area contributed by atoms with Crippen LogP contribution in [0, 0.1) is 5.92 Å². The molecule has 0 aromatic carbocycles. The predicted octanol–water partition coefficient (Wildman–Crippen LogP) is 1.82. The second-order valence-electron chi connectivity index (χ2n) is 5.21. The number of hydrogen-bond donors (Lipinski definition) is 1. The van der Waals surface area contributed by atoms with Crippen LogP contribution in [0.1, 0.15) is 31.3 Å². The van der Waals surface area contributed by atoms with Crippen LogP contribution in [0.25, 0.3) is 0 Å². The SMILES string of the molecule is CC(C)[C@H](C)NC(=O)[C@H]1CSCN1C(=O)c1cscn1. The third-order valence-electron chi connectivity index (χ3n) is 3.47. The molecule has 2 amide bonds. The van der Waals surface area contributed by atoms with Crippen molar-refractivity contribution in [1.29, 1.82) is 0 Å². The van der Waals surface area contributed by atoms with E-state index in [9.17, 15) is 9.59 Å². The summed E-state index contributed by atoms with van der Waals surface area (Å²) in [5, 5.41) is 4.71. The highest BCUT2D eigenvalue weighted by molar-refractivity contribution is 7.99. The average Bonchev–Trinajstić information content (AvgIpc) is 3.08. The first-order valence-electron chi connectivity index (χ1n) is 6.58. The monoisotopic (exact) mass is 313 g/mol. The van der Waals surface area contributed by atoms with E-state index in [1.807, 2.05) is 6.92 Å². The third kappa shape index (κ3) is 3.32. The van der Waals surface area contributed by atoms with Crippen molar-refractivity contribution < 1.29 is 9.59 Å². The molecule has 1 saturated heterocycles. The van der Waals surface area contributed by atoms with Gasteiger partial charge in [-0.3, -0.25) is 9.59 Å². The van der Waals surface area contributed by atoms with E-state index in [-0.39, 0.29) is 17.9 Å². The van der Waals surface area contributed by atoms with Crippen LogP contribution >= 0.6 is 23.1 Å². The Kier molecular flexibility index (Phi) is 5.04. The maximum Gasteiger partial charge on any atom is 0.274 e. The minimum absolute atomic E-state index is 0.0696. The summed E-state index contributed by atoms with van der Waals surface area (Å²) >= 11 is 2.98. The van der Waals surface area contributed by atoms with Gasteiger partial charge in [0.1, 0.15) is 11.7 Å². The molecular weight excluding hydrogens is 294 g/mol. The van der Waals surface area contributed by atoms with Crippen molar-refractivity contribution in [1.82, 2.24) is 15.2 Å². The lowest BCUT2D eigenvalue weighted by molar-refractivity contribution is -0.125. The Bertz CT molecular complexity index is 476. The molecule has 0 aliphatic carbocycles. The Morgan fingerprint density at radius 1 is 1.45 bits per heavy atom. The van der Waals surface area contributed by atoms with Crippen molar-refractivity contribution in [3.63, 3.8) is 0 Å². The second kappa shape index (κ2) is 6.58. The lowest BCUT2D eigenvalue weighted by Gasteiger charge is -2.25. The number of carbonyl (C=O) groups excluding carboxylic acids is 2. The highest BCUT2D eigenvalue weighted by atomic mass is 32.2. The third-order valence-corrected chi connectivity index (χ3v) is 5.07. The van der Waals surface area contributed by atoms with Crippen molar-refractivity contribution in [3.8, 4) is 0 Å². The molecule has 0 spiro atoms. The maximum atomic E-state index is 12.3. The lowest BCUT2D eigenvalue weighted by Crippen LogP contribution is -2.50. The normalized spacial score (nSPS) is 20.2. The molecule has 2 atom stereocenters. The van der Waals surface area contributed by atoms with E-state index in [0.29, 0.717) is 23.2 Å². The van der Waals surface area contributed by atoms with Crippen LogP contribution in [-0.2, 0) is 4.79 Å². The van der Waals surface area contributed by atoms with Gasteiger partial charge >= 0.3 is 0 Å². The number of thioether (sulfide) groups is 1. The molecule has 7 heteroatoms. The van der Waals surface area contributed by atoms with Crippen molar-refractivity contribution in [2.45, 2.75) is 32.9 Å². The number of carbonyl (C=O) groups is 2. The standard InChI is InChI=1S/C13H19N3O2S2/c1-8(2)9(3)15-12(17)11-5-20-7-16(11)13(18)10-4-19-6-14-10/h4,6,8-9,11H,5,7H2,1-3H3,(H,15,17)/t9-,11+/m0/s1. The van der Waals surface area contributed by atoms with Crippen LogP contribution < -0.4 is 5.32 Å². The largest absolute Gasteiger partial charge is 0.352 e. The molecule has 1 N–H and O–H groups in total. The minimum Gasteiger partial charge on any atom is -0.352 e. The molecule has 1 aliphatic rings. The van der Waals surface area contributed by atoms with Gasteiger partial charge in [0, 0.05) is 17.2 Å². The lowest BCUT2D eigenvalue weighted by atomic mass is 10.1. The smallest absolute Gasteiger partial charge is 0.274 e. The maximum absolute atomic E-state index is 12.3. The highest BCUT2D eigenvalue weighted by Crippen LogP contribution is 2.23. The van der Waals surface area contributed by atoms with Crippen LogP contribution in [0.15, 0.2) is 10.9 Å². The van der Waals surface area contributed by atoms with Crippen molar-refractivity contribution >= 4 is 34.9 Å². The van der Waals surface area contributed by atoms with E-state index < -0.39 is 6.04 Å². The van der Waals surface area contributed by atoms with Gasteiger partial charge in [-0.05, 0) is 12.8 Å². The van der Waals surface area contributed by atoms with Crippen LogP contribution in [-0.4, -0.2) is 45.4 Å². The number of hydrogen-bond acceptors (Lipinski definition) is 5. The van der Waals surface area contributed by atoms with Gasteiger partial charge in [0.25, 0.3) is 5.91 Å². The van der Waals surface area contributed by atoms with Gasteiger partial charge in [0.15, 0.2) is 0 Å². The van der Waals surface area contributed by atoms with E-state index in [0.717, 1.165) is 0 Å². The first kappa shape index (κ1) is 15.3. The quantitative estimate of drug-likeness (QED) is 0.921. The van der Waals surface area contributed by atoms with E-state index in [4.69, 9.17) is 0 Å². The van der Waals surface area contributed by atoms with Crippen LogP contribution in [0.2, 0.25) is 0 Å². The number of rotatable bonds is 4. The molecule has 1 fully saturated rings. The predicted molar refractivity (Wildman–Crippen MR) is 81.8 cm³/mol. The molecule has 2 heterocycles. The second-order valence-corrected chi connectivity index (χ2v) is 6.92. The minimum atomic E-state index is -0.393. The molecule has 0 bridgehead atoms. The zero-order valence-corrected chi connectivity index (χ0v) is 13.5. The summed E-state index contributed by atoms with van der Waals surface area (Å²) in [5.74, 6) is 1.33. The summed E-state index contributed by atoms with van der Waals surface area (Å²) in [6.45, 7) is 6.11. The van der Waals surface area contributed by atoms with Gasteiger partial charge in [0.05, 0.1) is 11.4 Å². The van der Waals surface area contributed by atoms with Gasteiger partial charge < -0.3 is 10.2 Å². The van der Waals surface area contributed by atoms with Crippen molar-refractivity contribution in [2.75, 3.05) is 11.6 Å². The van der Waals surface area contributed by atoms with Crippen LogP contribution in [0.3, 0.4) is 0 Å². The van der Waals surface area contributed by atoms with Crippen molar-refractivity contribution in [2.24, 2.45) is 5.92 Å². The van der Waals surface area contributed by atoms with Gasteiger partial charge in [-0.2, -0.15) is 0 Å². The Hall–Kier alpha value is -1.08. The topological polar surface area (TPSA) is 62.3 Å². The van der Waals surface area contributed by atoms with Gasteiger partial charge in [-0.25, -0.2) is 4.98 Å². The Morgan fingerprint density at radius 3 is 2.80 bits per heavy atom. The summed E-state index contributed by atoms with van der Waals surface area (Å²) in [5.41, 5.74) is 2.05. The van der Waals surface area contributed by atoms with Crippen LogP contribution in [0.5, 0.6) is 0 Å². The Labute approximate surface area is 127 Å². The molecule has 0 saturated carbocycles. The summed E-state index contributed by atoms with van der Waals surface area (Å²) in [4.78, 5) is 30.3. The summed E-state index contributed by atoms with van der Waals surface area (Å²) in [6, 6.07) is -0.292. The fourth-order valence-electron chi connectivity index (χ4n) is 1.81. The fourth-order valence-corrected chi connectivity index (χ4v) is 3.49. The van der Waals surface area contributed by atoms with Gasteiger partial charge in [0.2, 0.25) is 5.91 Å². The molecule has 1 aliphatic heterocycles. The van der Waals surface area contributed by atoms with E-state index >= 15 is 0 Å². The molecule has 1 aromatic rings. The number of thiazole rings is 1. The van der Waals surface area contributed by atoms with Gasteiger partial charge in [-0.1, -0.05) is 13.8 Å². The number of nitrogens with one attached hydrogen (secondary N) is 1. The highest BCUT2D eigenvalue weighted by Gasteiger charge is 2.36. The van der Waals surface area contributed by atoms with Crippen molar-refractivity contribution in [3.05, 3.63) is 16.6 Å². The van der Waals surface area contributed by atoms with E-state index in [1.54, 1.807) is 27.6 Å². The molecule has 0 radical (unpaired) electrons. The first-order valence-corrected chi connectivity index (χ1v) is 8.67. The summed E-state index contributed by atoms with van der Waals surface area (Å²) in [6.07, 6.45) is 0. The zero-order valence-electron chi connectivity index (χ0n) is 11.8.